The Morgan fingerprint density at radius 1 is 1.00 bits per heavy atom. The first-order chi connectivity index (χ1) is 13.9. The zero-order valence-electron chi connectivity index (χ0n) is 17.7. The van der Waals surface area contributed by atoms with E-state index < -0.39 is 0 Å². The lowest BCUT2D eigenvalue weighted by molar-refractivity contribution is -0.131. The highest BCUT2D eigenvalue weighted by molar-refractivity contribution is 5.78. The smallest absolute Gasteiger partial charge is 0.227 e. The second-order valence-electron chi connectivity index (χ2n) is 8.58. The lowest BCUT2D eigenvalue weighted by atomic mass is 9.87. The van der Waals surface area contributed by atoms with Gasteiger partial charge in [0.15, 0.2) is 0 Å². The van der Waals surface area contributed by atoms with E-state index in [-0.39, 0.29) is 11.3 Å². The minimum absolute atomic E-state index is 0.131. The lowest BCUT2D eigenvalue weighted by Crippen LogP contribution is -2.33. The largest absolute Gasteiger partial charge is 0.338 e. The number of amides is 1. The minimum atomic E-state index is 0.131. The van der Waals surface area contributed by atoms with Crippen LogP contribution in [0.4, 0.5) is 0 Å². The summed E-state index contributed by atoms with van der Waals surface area (Å²) in [7, 11) is 0. The van der Waals surface area contributed by atoms with Crippen LogP contribution in [0, 0.1) is 0 Å². The van der Waals surface area contributed by atoms with Crippen molar-refractivity contribution in [3.63, 3.8) is 0 Å². The van der Waals surface area contributed by atoms with E-state index in [0.717, 1.165) is 25.1 Å². The number of aryl methyl sites for hydroxylation is 1. The van der Waals surface area contributed by atoms with Crippen molar-refractivity contribution in [2.45, 2.75) is 52.1 Å². The van der Waals surface area contributed by atoms with Crippen molar-refractivity contribution in [1.82, 2.24) is 14.5 Å². The Balaban J connectivity index is 1.68. The van der Waals surface area contributed by atoms with Gasteiger partial charge in [-0.05, 0) is 28.5 Å². The van der Waals surface area contributed by atoms with E-state index in [2.05, 4.69) is 54.6 Å². The highest BCUT2D eigenvalue weighted by Crippen LogP contribution is 2.22. The number of rotatable bonds is 8. The van der Waals surface area contributed by atoms with Crippen LogP contribution in [-0.2, 0) is 29.7 Å². The topological polar surface area (TPSA) is 38.1 Å². The number of hydrogen-bond donors (Lipinski definition) is 0. The van der Waals surface area contributed by atoms with E-state index in [0.29, 0.717) is 13.0 Å². The maximum atomic E-state index is 13.0. The molecule has 0 N–H and O–H groups in total. The summed E-state index contributed by atoms with van der Waals surface area (Å²) in [6.45, 7) is 8.87. The predicted octanol–water partition coefficient (Wildman–Crippen LogP) is 4.84. The maximum absolute atomic E-state index is 13.0. The molecule has 3 rings (SSSR count). The van der Waals surface area contributed by atoms with E-state index in [4.69, 9.17) is 0 Å². The zero-order valence-corrected chi connectivity index (χ0v) is 17.7. The van der Waals surface area contributed by atoms with Crippen molar-refractivity contribution in [3.05, 3.63) is 90.0 Å². The molecule has 2 aromatic carbocycles. The summed E-state index contributed by atoms with van der Waals surface area (Å²) >= 11 is 0. The molecule has 0 unspecified atom stereocenters. The van der Waals surface area contributed by atoms with Crippen molar-refractivity contribution in [2.24, 2.45) is 0 Å². The fourth-order valence-corrected chi connectivity index (χ4v) is 3.37. The first-order valence-corrected chi connectivity index (χ1v) is 10.3. The van der Waals surface area contributed by atoms with Crippen LogP contribution in [0.3, 0.4) is 0 Å². The van der Waals surface area contributed by atoms with Gasteiger partial charge in [-0.25, -0.2) is 4.98 Å². The van der Waals surface area contributed by atoms with Gasteiger partial charge in [0.2, 0.25) is 5.91 Å². The number of carbonyl (C=O) groups is 1. The summed E-state index contributed by atoms with van der Waals surface area (Å²) in [5.41, 5.74) is 3.66. The molecule has 1 amide bonds. The van der Waals surface area contributed by atoms with Gasteiger partial charge >= 0.3 is 0 Å². The Kier molecular flexibility index (Phi) is 6.86. The van der Waals surface area contributed by atoms with Crippen LogP contribution < -0.4 is 0 Å². The summed E-state index contributed by atoms with van der Waals surface area (Å²) in [4.78, 5) is 19.1. The lowest BCUT2D eigenvalue weighted by Gasteiger charge is -2.24. The second-order valence-corrected chi connectivity index (χ2v) is 8.58. The molecule has 0 aliphatic carbocycles. The second kappa shape index (κ2) is 9.55. The molecule has 4 heteroatoms. The van der Waals surface area contributed by atoms with Crippen molar-refractivity contribution in [3.8, 4) is 0 Å². The van der Waals surface area contributed by atoms with Gasteiger partial charge in [-0.2, -0.15) is 0 Å². The summed E-state index contributed by atoms with van der Waals surface area (Å²) < 4.78 is 2.05. The third-order valence-corrected chi connectivity index (χ3v) is 5.15. The van der Waals surface area contributed by atoms with E-state index in [9.17, 15) is 4.79 Å². The van der Waals surface area contributed by atoms with Crippen LogP contribution in [0.2, 0.25) is 0 Å². The van der Waals surface area contributed by atoms with Gasteiger partial charge in [0, 0.05) is 32.0 Å². The molecule has 0 spiro atoms. The van der Waals surface area contributed by atoms with E-state index >= 15 is 0 Å². The summed E-state index contributed by atoms with van der Waals surface area (Å²) in [5.74, 6) is 0.168. The van der Waals surface area contributed by atoms with E-state index in [1.165, 1.54) is 11.1 Å². The van der Waals surface area contributed by atoms with Crippen molar-refractivity contribution in [1.29, 1.82) is 0 Å². The molecule has 0 aliphatic heterocycles. The van der Waals surface area contributed by atoms with Gasteiger partial charge in [0.25, 0.3) is 0 Å². The van der Waals surface area contributed by atoms with Gasteiger partial charge in [-0.1, -0.05) is 75.4 Å². The van der Waals surface area contributed by atoms with Gasteiger partial charge in [-0.3, -0.25) is 4.79 Å². The van der Waals surface area contributed by atoms with Crippen LogP contribution >= 0.6 is 0 Å². The normalized spacial score (nSPS) is 11.4. The fraction of sp³-hybridized carbons (Fsp3) is 0.360. The Morgan fingerprint density at radius 2 is 1.72 bits per heavy atom. The van der Waals surface area contributed by atoms with E-state index in [1.54, 1.807) is 6.20 Å². The number of benzene rings is 2. The van der Waals surface area contributed by atoms with Gasteiger partial charge in [-0.15, -0.1) is 0 Å². The number of aromatic nitrogens is 2. The summed E-state index contributed by atoms with van der Waals surface area (Å²) in [5, 5.41) is 0. The quantitative estimate of drug-likeness (QED) is 0.553. The first kappa shape index (κ1) is 20.8. The highest BCUT2D eigenvalue weighted by atomic mass is 16.2. The standard InChI is InChI=1S/C25H31N3O/c1-25(2,3)23-12-10-22(11-13-23)19-28(16-7-15-27-17-14-26-20-27)24(29)18-21-8-5-4-6-9-21/h4-6,8-14,17,20H,7,15-16,18-19H2,1-3H3. The van der Waals surface area contributed by atoms with Crippen molar-refractivity contribution < 1.29 is 4.79 Å². The Bertz CT molecular complexity index is 878. The average Bonchev–Trinajstić information content (AvgIpc) is 3.21. The number of nitrogens with zero attached hydrogens (tertiary/aromatic N) is 3. The Morgan fingerprint density at radius 3 is 2.34 bits per heavy atom. The van der Waals surface area contributed by atoms with Crippen LogP contribution in [0.25, 0.3) is 0 Å². The van der Waals surface area contributed by atoms with Crippen molar-refractivity contribution in [2.75, 3.05) is 6.54 Å². The maximum Gasteiger partial charge on any atom is 0.227 e. The van der Waals surface area contributed by atoms with Crippen LogP contribution in [0.1, 0.15) is 43.9 Å². The molecule has 0 fully saturated rings. The summed E-state index contributed by atoms with van der Waals surface area (Å²) in [6.07, 6.45) is 6.90. The van der Waals surface area contributed by atoms with Crippen molar-refractivity contribution >= 4 is 5.91 Å². The van der Waals surface area contributed by atoms with Gasteiger partial charge in [0.1, 0.15) is 0 Å². The SMILES string of the molecule is CC(C)(C)c1ccc(CN(CCCn2ccnc2)C(=O)Cc2ccccc2)cc1. The molecule has 3 aromatic rings. The molecular weight excluding hydrogens is 358 g/mol. The molecule has 152 valence electrons. The van der Waals surface area contributed by atoms with Gasteiger partial charge < -0.3 is 9.47 Å². The third kappa shape index (κ3) is 6.31. The summed E-state index contributed by atoms with van der Waals surface area (Å²) in [6, 6.07) is 18.6. The molecule has 0 saturated carbocycles. The van der Waals surface area contributed by atoms with Gasteiger partial charge in [0.05, 0.1) is 12.7 Å². The van der Waals surface area contributed by atoms with Crippen LogP contribution in [0.15, 0.2) is 73.3 Å². The number of carbonyl (C=O) groups excluding carboxylic acids is 1. The molecule has 29 heavy (non-hydrogen) atoms. The fourth-order valence-electron chi connectivity index (χ4n) is 3.37. The molecule has 1 aromatic heterocycles. The molecule has 0 saturated heterocycles. The number of imidazole rings is 1. The molecule has 0 atom stereocenters. The highest BCUT2D eigenvalue weighted by Gasteiger charge is 2.16. The molecule has 1 heterocycles. The monoisotopic (exact) mass is 389 g/mol. The Labute approximate surface area is 174 Å². The van der Waals surface area contributed by atoms with Crippen LogP contribution in [-0.4, -0.2) is 26.9 Å². The van der Waals surface area contributed by atoms with E-state index in [1.807, 2.05) is 47.8 Å². The first-order valence-electron chi connectivity index (χ1n) is 10.3. The molecule has 4 nitrogen and oxygen atoms in total. The van der Waals surface area contributed by atoms with Crippen LogP contribution in [0.5, 0.6) is 0 Å². The average molecular weight is 390 g/mol. The molecular formula is C25H31N3O. The molecule has 0 aliphatic rings. The predicted molar refractivity (Wildman–Crippen MR) is 118 cm³/mol. The molecule has 0 bridgehead atoms. The zero-order chi connectivity index (χ0) is 20.7. The minimum Gasteiger partial charge on any atom is -0.338 e. The third-order valence-electron chi connectivity index (χ3n) is 5.15. The Hall–Kier alpha value is -2.88. The number of hydrogen-bond acceptors (Lipinski definition) is 2. The molecule has 0 radical (unpaired) electrons.